The third kappa shape index (κ3) is 5.48. The van der Waals surface area contributed by atoms with Gasteiger partial charge in [0.15, 0.2) is 23.1 Å². The molecule has 0 spiro atoms. The van der Waals surface area contributed by atoms with Crippen LogP contribution in [0.25, 0.3) is 28.4 Å². The molecular formula is C33H36N8O4. The molecule has 0 aliphatic carbocycles. The minimum absolute atomic E-state index is 0.256. The van der Waals surface area contributed by atoms with Gasteiger partial charge < -0.3 is 25.5 Å². The van der Waals surface area contributed by atoms with Gasteiger partial charge in [0.05, 0.1) is 36.4 Å². The Kier molecular flexibility index (Phi) is 7.98. The van der Waals surface area contributed by atoms with Gasteiger partial charge in [0.1, 0.15) is 11.2 Å². The van der Waals surface area contributed by atoms with E-state index >= 15 is 0 Å². The van der Waals surface area contributed by atoms with E-state index in [0.717, 1.165) is 18.5 Å². The number of nitrogens with zero attached hydrogens (tertiary/aromatic N) is 5. The van der Waals surface area contributed by atoms with E-state index in [9.17, 15) is 9.59 Å². The quantitative estimate of drug-likeness (QED) is 0.115. The van der Waals surface area contributed by atoms with Crippen LogP contribution in [0.3, 0.4) is 0 Å². The number of anilines is 1. The molecular weight excluding hydrogens is 572 g/mol. The van der Waals surface area contributed by atoms with E-state index in [-0.39, 0.29) is 18.4 Å². The van der Waals surface area contributed by atoms with Crippen molar-refractivity contribution >= 4 is 28.5 Å². The van der Waals surface area contributed by atoms with E-state index in [0.29, 0.717) is 69.6 Å². The number of carbonyl (C=O) groups excluding carboxylic acids is 2. The second kappa shape index (κ2) is 12.0. The van der Waals surface area contributed by atoms with Crippen molar-refractivity contribution in [3.63, 3.8) is 0 Å². The van der Waals surface area contributed by atoms with Gasteiger partial charge in [-0.25, -0.2) is 14.6 Å². The zero-order chi connectivity index (χ0) is 31.7. The largest absolute Gasteiger partial charge is 0.493 e. The van der Waals surface area contributed by atoms with Crippen molar-refractivity contribution in [2.24, 2.45) is 0 Å². The summed E-state index contributed by atoms with van der Waals surface area (Å²) in [5.41, 5.74) is 9.50. The van der Waals surface area contributed by atoms with Gasteiger partial charge in [-0.05, 0) is 87.3 Å². The number of hydrogen-bond acceptors (Lipinski definition) is 9. The Bertz CT molecular complexity index is 1880. The van der Waals surface area contributed by atoms with Crippen molar-refractivity contribution in [2.75, 3.05) is 39.6 Å². The van der Waals surface area contributed by atoms with Crippen LogP contribution in [0.4, 0.5) is 5.69 Å². The lowest BCUT2D eigenvalue weighted by Gasteiger charge is -2.37. The van der Waals surface area contributed by atoms with E-state index in [4.69, 9.17) is 25.2 Å². The van der Waals surface area contributed by atoms with E-state index in [1.807, 2.05) is 56.3 Å². The fourth-order valence-corrected chi connectivity index (χ4v) is 5.75. The molecule has 3 aromatic heterocycles. The molecule has 1 aliphatic heterocycles. The van der Waals surface area contributed by atoms with Gasteiger partial charge >= 0.3 is 0 Å². The fourth-order valence-electron chi connectivity index (χ4n) is 5.75. The molecule has 12 nitrogen and oxygen atoms in total. The summed E-state index contributed by atoms with van der Waals surface area (Å²) >= 11 is 0. The number of nitrogen functional groups attached to an aromatic ring is 1. The number of imide groups is 1. The molecule has 232 valence electrons. The molecule has 2 amide bonds. The Morgan fingerprint density at radius 3 is 2.58 bits per heavy atom. The third-order valence-corrected chi connectivity index (χ3v) is 8.20. The van der Waals surface area contributed by atoms with Gasteiger partial charge in [0, 0.05) is 18.9 Å². The van der Waals surface area contributed by atoms with Gasteiger partial charge in [-0.15, -0.1) is 0 Å². The van der Waals surface area contributed by atoms with Gasteiger partial charge in [-0.1, -0.05) is 12.1 Å². The molecule has 0 saturated heterocycles. The monoisotopic (exact) mass is 608 g/mol. The number of rotatable bonds is 11. The molecule has 0 unspecified atom stereocenters. The van der Waals surface area contributed by atoms with Gasteiger partial charge in [-0.2, -0.15) is 5.10 Å². The zero-order valence-corrected chi connectivity index (χ0v) is 25.8. The number of carbonyl (C=O) groups is 2. The summed E-state index contributed by atoms with van der Waals surface area (Å²) < 4.78 is 12.4. The number of amides is 2. The van der Waals surface area contributed by atoms with Crippen molar-refractivity contribution in [1.82, 2.24) is 34.9 Å². The minimum Gasteiger partial charge on any atom is -0.493 e. The maximum absolute atomic E-state index is 14.0. The third-order valence-electron chi connectivity index (χ3n) is 8.20. The van der Waals surface area contributed by atoms with Gasteiger partial charge in [-0.3, -0.25) is 14.5 Å². The molecule has 6 rings (SSSR count). The summed E-state index contributed by atoms with van der Waals surface area (Å²) in [7, 11) is 3.23. The first-order valence-corrected chi connectivity index (χ1v) is 14.8. The van der Waals surface area contributed by atoms with Crippen LogP contribution in [0.5, 0.6) is 11.5 Å². The SMILES string of the molecule is COc1ccc(CCNCCCN2C(=O)c3c(cc(N)c4[nH]c(-c5cccc(-n6cccn6)n5)nc34)C(C)(C)C2=O)cc1OC. The first-order chi connectivity index (χ1) is 21.7. The van der Waals surface area contributed by atoms with Crippen LogP contribution in [0, 0.1) is 0 Å². The van der Waals surface area contributed by atoms with Crippen LogP contribution in [0.15, 0.2) is 60.9 Å². The lowest BCUT2D eigenvalue weighted by molar-refractivity contribution is -0.134. The summed E-state index contributed by atoms with van der Waals surface area (Å²) in [6, 6.07) is 14.9. The molecule has 0 radical (unpaired) electrons. The average Bonchev–Trinajstić information content (AvgIpc) is 3.75. The Morgan fingerprint density at radius 2 is 1.82 bits per heavy atom. The second-order valence-electron chi connectivity index (χ2n) is 11.5. The molecule has 1 aliphatic rings. The molecule has 5 aromatic rings. The molecule has 0 fully saturated rings. The number of aromatic amines is 1. The molecule has 2 aromatic carbocycles. The van der Waals surface area contributed by atoms with Crippen LogP contribution in [-0.4, -0.2) is 75.3 Å². The second-order valence-corrected chi connectivity index (χ2v) is 11.5. The maximum Gasteiger partial charge on any atom is 0.263 e. The number of ether oxygens (including phenoxy) is 2. The Labute approximate surface area is 260 Å². The van der Waals surface area contributed by atoms with Crippen molar-refractivity contribution in [1.29, 1.82) is 0 Å². The zero-order valence-electron chi connectivity index (χ0n) is 25.8. The van der Waals surface area contributed by atoms with E-state index in [2.05, 4.69) is 15.4 Å². The van der Waals surface area contributed by atoms with Crippen LogP contribution in [-0.2, 0) is 16.6 Å². The maximum atomic E-state index is 14.0. The highest BCUT2D eigenvalue weighted by atomic mass is 16.5. The lowest BCUT2D eigenvalue weighted by atomic mass is 9.76. The van der Waals surface area contributed by atoms with Crippen molar-refractivity contribution in [3.05, 3.63) is 77.6 Å². The number of hydrogen-bond donors (Lipinski definition) is 3. The topological polar surface area (TPSA) is 153 Å². The van der Waals surface area contributed by atoms with Crippen molar-refractivity contribution < 1.29 is 19.1 Å². The summed E-state index contributed by atoms with van der Waals surface area (Å²) in [4.78, 5) is 41.7. The highest BCUT2D eigenvalue weighted by molar-refractivity contribution is 6.19. The number of methoxy groups -OCH3 is 2. The smallest absolute Gasteiger partial charge is 0.263 e. The molecule has 4 heterocycles. The van der Waals surface area contributed by atoms with Gasteiger partial charge in [0.2, 0.25) is 5.91 Å². The lowest BCUT2D eigenvalue weighted by Crippen LogP contribution is -2.52. The number of benzene rings is 2. The number of H-pyrrole nitrogens is 1. The minimum atomic E-state index is -0.968. The predicted octanol–water partition coefficient (Wildman–Crippen LogP) is 3.89. The average molecular weight is 609 g/mol. The first-order valence-electron chi connectivity index (χ1n) is 14.8. The number of nitrogens with one attached hydrogen (secondary N) is 2. The highest BCUT2D eigenvalue weighted by Crippen LogP contribution is 2.40. The molecule has 0 atom stereocenters. The standard InChI is InChI=1S/C33H36N8O4/c1-33(2)21-19-22(34)28-29(39-30(38-28)23-8-5-9-26(37-23)41-17-7-14-36-41)27(21)31(42)40(32(33)43)16-6-13-35-15-12-20-10-11-24(44-3)25(18-20)45-4/h5,7-11,14,17-19,35H,6,12-13,15-16,34H2,1-4H3,(H,38,39). The number of fused-ring (bicyclic) bond motifs is 3. The summed E-state index contributed by atoms with van der Waals surface area (Å²) in [5, 5.41) is 7.67. The normalized spacial score (nSPS) is 14.2. The fraction of sp³-hybridized carbons (Fsp3) is 0.303. The number of nitrogens with two attached hydrogens (primary N) is 1. The van der Waals surface area contributed by atoms with Crippen LogP contribution >= 0.6 is 0 Å². The molecule has 0 saturated carbocycles. The Balaban J connectivity index is 1.19. The predicted molar refractivity (Wildman–Crippen MR) is 171 cm³/mol. The molecule has 4 N–H and O–H groups in total. The molecule has 0 bridgehead atoms. The van der Waals surface area contributed by atoms with E-state index < -0.39 is 5.41 Å². The van der Waals surface area contributed by atoms with E-state index in [1.165, 1.54) is 4.90 Å². The van der Waals surface area contributed by atoms with Crippen molar-refractivity contribution in [3.8, 4) is 28.8 Å². The van der Waals surface area contributed by atoms with E-state index in [1.54, 1.807) is 37.4 Å². The Morgan fingerprint density at radius 1 is 1.00 bits per heavy atom. The first kappa shape index (κ1) is 29.8. The van der Waals surface area contributed by atoms with Crippen LogP contribution in [0.2, 0.25) is 0 Å². The summed E-state index contributed by atoms with van der Waals surface area (Å²) in [5.74, 6) is 1.84. The molecule has 45 heavy (non-hydrogen) atoms. The molecule has 12 heteroatoms. The number of imidazole rings is 1. The van der Waals surface area contributed by atoms with Crippen LogP contribution < -0.4 is 20.5 Å². The Hall–Kier alpha value is -5.23. The van der Waals surface area contributed by atoms with Gasteiger partial charge in [0.25, 0.3) is 5.91 Å². The highest BCUT2D eigenvalue weighted by Gasteiger charge is 2.46. The number of aromatic nitrogens is 5. The summed E-state index contributed by atoms with van der Waals surface area (Å²) in [6.07, 6.45) is 4.88. The number of pyridine rings is 1. The van der Waals surface area contributed by atoms with Crippen LogP contribution in [0.1, 0.15) is 41.8 Å². The summed E-state index contributed by atoms with van der Waals surface area (Å²) in [6.45, 7) is 5.29. The van der Waals surface area contributed by atoms with Crippen molar-refractivity contribution in [2.45, 2.75) is 32.1 Å².